The van der Waals surface area contributed by atoms with Gasteiger partial charge in [0.15, 0.2) is 11.5 Å². The van der Waals surface area contributed by atoms with Crippen molar-refractivity contribution in [1.82, 2.24) is 10.2 Å². The molecule has 0 radical (unpaired) electrons. The van der Waals surface area contributed by atoms with E-state index in [2.05, 4.69) is 15.5 Å². The highest BCUT2D eigenvalue weighted by molar-refractivity contribution is 6.32. The van der Waals surface area contributed by atoms with Gasteiger partial charge in [0.25, 0.3) is 11.5 Å². The monoisotopic (exact) mass is 471 g/mol. The Labute approximate surface area is 182 Å². The Morgan fingerprint density at radius 3 is 2.56 bits per heavy atom. The summed E-state index contributed by atoms with van der Waals surface area (Å²) < 4.78 is 64.5. The molecule has 0 fully saturated rings. The van der Waals surface area contributed by atoms with Gasteiger partial charge in [-0.15, -0.1) is 0 Å². The number of amides is 1. The Bertz CT molecular complexity index is 1210. The minimum absolute atomic E-state index is 0.0162. The molecular weight excluding hydrogens is 458 g/mol. The summed E-state index contributed by atoms with van der Waals surface area (Å²) in [6, 6.07) is 5.49. The molecule has 168 valence electrons. The van der Waals surface area contributed by atoms with Gasteiger partial charge in [-0.1, -0.05) is 11.6 Å². The van der Waals surface area contributed by atoms with E-state index in [-0.39, 0.29) is 29.4 Å². The predicted molar refractivity (Wildman–Crippen MR) is 107 cm³/mol. The van der Waals surface area contributed by atoms with E-state index >= 15 is 0 Å². The first-order valence-corrected chi connectivity index (χ1v) is 9.33. The van der Waals surface area contributed by atoms with Crippen LogP contribution in [-0.4, -0.2) is 22.7 Å². The first-order chi connectivity index (χ1) is 15.1. The quantitative estimate of drug-likeness (QED) is 0.492. The fourth-order valence-corrected chi connectivity index (χ4v) is 2.90. The lowest BCUT2D eigenvalue weighted by molar-refractivity contribution is -0.137. The third-order valence-corrected chi connectivity index (χ3v) is 4.28. The molecule has 1 amide bonds. The van der Waals surface area contributed by atoms with E-state index in [9.17, 15) is 27.2 Å². The largest absolute Gasteiger partial charge is 0.490 e. The molecule has 2 aromatic carbocycles. The maximum absolute atomic E-state index is 13.6. The van der Waals surface area contributed by atoms with Crippen LogP contribution < -0.4 is 20.3 Å². The van der Waals surface area contributed by atoms with Crippen LogP contribution in [0.15, 0.2) is 47.4 Å². The molecule has 0 unspecified atom stereocenters. The first kappa shape index (κ1) is 23.1. The Kier molecular flexibility index (Phi) is 6.68. The van der Waals surface area contributed by atoms with Gasteiger partial charge in [0, 0.05) is 12.1 Å². The summed E-state index contributed by atoms with van der Waals surface area (Å²) in [5, 5.41) is 7.21. The average molecular weight is 472 g/mol. The number of alkyl halides is 3. The number of halogens is 5. The van der Waals surface area contributed by atoms with Crippen LogP contribution >= 0.6 is 11.6 Å². The van der Waals surface area contributed by atoms with Crippen molar-refractivity contribution in [2.75, 3.05) is 11.9 Å². The number of aromatic amines is 1. The van der Waals surface area contributed by atoms with Crippen molar-refractivity contribution < 1.29 is 31.8 Å². The molecule has 2 N–H and O–H groups in total. The second-order valence-electron chi connectivity index (χ2n) is 6.24. The van der Waals surface area contributed by atoms with Crippen LogP contribution in [0, 0.1) is 5.82 Å². The van der Waals surface area contributed by atoms with Crippen molar-refractivity contribution in [2.45, 2.75) is 13.1 Å². The molecule has 1 heterocycles. The SMILES string of the molecule is CCOc1cc(F)ccc1Oc1cc(C(F)(F)F)c(Cl)cc1C(=O)Nc1cn[nH]c(=O)c1. The molecule has 0 spiro atoms. The normalized spacial score (nSPS) is 11.2. The number of hydrogen-bond donors (Lipinski definition) is 2. The molecule has 3 aromatic rings. The molecular formula is C20H14ClF4N3O4. The van der Waals surface area contributed by atoms with Crippen molar-refractivity contribution in [3.8, 4) is 17.2 Å². The number of nitrogens with one attached hydrogen (secondary N) is 2. The summed E-state index contributed by atoms with van der Waals surface area (Å²) >= 11 is 5.77. The third-order valence-electron chi connectivity index (χ3n) is 3.97. The van der Waals surface area contributed by atoms with E-state index < -0.39 is 39.8 Å². The molecule has 3 rings (SSSR count). The zero-order valence-electron chi connectivity index (χ0n) is 16.2. The van der Waals surface area contributed by atoms with Gasteiger partial charge in [0.1, 0.15) is 11.6 Å². The fourth-order valence-electron chi connectivity index (χ4n) is 2.63. The molecule has 0 aliphatic rings. The molecule has 0 saturated heterocycles. The zero-order chi connectivity index (χ0) is 23.5. The summed E-state index contributed by atoms with van der Waals surface area (Å²) in [7, 11) is 0. The second-order valence-corrected chi connectivity index (χ2v) is 6.65. The average Bonchev–Trinajstić information content (AvgIpc) is 2.70. The number of nitrogens with zero attached hydrogens (tertiary/aromatic N) is 1. The number of hydrogen-bond acceptors (Lipinski definition) is 5. The number of ether oxygens (including phenoxy) is 2. The number of benzene rings is 2. The van der Waals surface area contributed by atoms with Gasteiger partial charge in [0.2, 0.25) is 0 Å². The molecule has 1 aromatic heterocycles. The summed E-state index contributed by atoms with van der Waals surface area (Å²) in [4.78, 5) is 24.1. The van der Waals surface area contributed by atoms with Gasteiger partial charge in [-0.25, -0.2) is 9.49 Å². The first-order valence-electron chi connectivity index (χ1n) is 8.95. The maximum atomic E-state index is 13.6. The second kappa shape index (κ2) is 9.27. The molecule has 0 bridgehead atoms. The van der Waals surface area contributed by atoms with Gasteiger partial charge in [-0.3, -0.25) is 9.59 Å². The van der Waals surface area contributed by atoms with Crippen molar-refractivity contribution >= 4 is 23.2 Å². The van der Waals surface area contributed by atoms with E-state index in [1.807, 2.05) is 0 Å². The van der Waals surface area contributed by atoms with Crippen molar-refractivity contribution in [3.63, 3.8) is 0 Å². The summed E-state index contributed by atoms with van der Waals surface area (Å²) in [5.41, 5.74) is -2.26. The number of carbonyl (C=O) groups is 1. The van der Waals surface area contributed by atoms with Crippen LogP contribution in [0.3, 0.4) is 0 Å². The minimum Gasteiger partial charge on any atom is -0.490 e. The predicted octanol–water partition coefficient (Wildman–Crippen LogP) is 5.02. The van der Waals surface area contributed by atoms with E-state index in [0.717, 1.165) is 36.5 Å². The van der Waals surface area contributed by atoms with Crippen LogP contribution in [0.25, 0.3) is 0 Å². The van der Waals surface area contributed by atoms with Crippen LogP contribution in [0.1, 0.15) is 22.8 Å². The Balaban J connectivity index is 2.08. The Hall–Kier alpha value is -3.60. The maximum Gasteiger partial charge on any atom is 0.417 e. The lowest BCUT2D eigenvalue weighted by Gasteiger charge is -2.17. The molecule has 0 atom stereocenters. The standard InChI is InChI=1S/C20H14ClF4N3O4/c1-2-31-17-5-10(22)3-4-15(17)32-16-8-13(20(23,24)25)14(21)7-12(16)19(30)27-11-6-18(29)28-26-9-11/h3-9H,2H2,1H3,(H2,27,28,29,30). The van der Waals surface area contributed by atoms with Crippen LogP contribution in [-0.2, 0) is 6.18 Å². The summed E-state index contributed by atoms with van der Waals surface area (Å²) in [6.07, 6.45) is -3.72. The van der Waals surface area contributed by atoms with Crippen molar-refractivity contribution in [1.29, 1.82) is 0 Å². The number of H-pyrrole nitrogens is 1. The Morgan fingerprint density at radius 1 is 1.16 bits per heavy atom. The molecule has 0 aliphatic carbocycles. The van der Waals surface area contributed by atoms with E-state index in [1.165, 1.54) is 0 Å². The van der Waals surface area contributed by atoms with Gasteiger partial charge in [-0.05, 0) is 31.2 Å². The molecule has 0 aliphatic heterocycles. The molecule has 12 heteroatoms. The van der Waals surface area contributed by atoms with Crippen LogP contribution in [0.5, 0.6) is 17.2 Å². The highest BCUT2D eigenvalue weighted by Gasteiger charge is 2.35. The number of aromatic nitrogens is 2. The van der Waals surface area contributed by atoms with E-state index in [0.29, 0.717) is 6.07 Å². The van der Waals surface area contributed by atoms with Gasteiger partial charge in [0.05, 0.1) is 34.6 Å². The van der Waals surface area contributed by atoms with E-state index in [4.69, 9.17) is 21.1 Å². The van der Waals surface area contributed by atoms with Crippen LogP contribution in [0.4, 0.5) is 23.2 Å². The highest BCUT2D eigenvalue weighted by Crippen LogP contribution is 2.41. The third kappa shape index (κ3) is 5.35. The Morgan fingerprint density at radius 2 is 1.91 bits per heavy atom. The molecule has 0 saturated carbocycles. The van der Waals surface area contributed by atoms with Crippen molar-refractivity contribution in [2.24, 2.45) is 0 Å². The number of carbonyl (C=O) groups excluding carboxylic acids is 1. The van der Waals surface area contributed by atoms with Gasteiger partial charge >= 0.3 is 6.18 Å². The summed E-state index contributed by atoms with van der Waals surface area (Å²) in [5.74, 6) is -2.32. The highest BCUT2D eigenvalue weighted by atomic mass is 35.5. The fraction of sp³-hybridized carbons (Fsp3) is 0.150. The van der Waals surface area contributed by atoms with E-state index in [1.54, 1.807) is 6.92 Å². The summed E-state index contributed by atoms with van der Waals surface area (Å²) in [6.45, 7) is 1.74. The smallest absolute Gasteiger partial charge is 0.417 e. The number of rotatable bonds is 6. The number of anilines is 1. The van der Waals surface area contributed by atoms with Gasteiger partial charge in [-0.2, -0.15) is 18.3 Å². The topological polar surface area (TPSA) is 93.3 Å². The van der Waals surface area contributed by atoms with Crippen molar-refractivity contribution in [3.05, 3.63) is 74.9 Å². The molecule has 7 nitrogen and oxygen atoms in total. The molecule has 32 heavy (non-hydrogen) atoms. The van der Waals surface area contributed by atoms with Gasteiger partial charge < -0.3 is 14.8 Å². The lowest BCUT2D eigenvalue weighted by atomic mass is 10.1. The minimum atomic E-state index is -4.84. The zero-order valence-corrected chi connectivity index (χ0v) is 17.0. The van der Waals surface area contributed by atoms with Crippen LogP contribution in [0.2, 0.25) is 5.02 Å². The lowest BCUT2D eigenvalue weighted by Crippen LogP contribution is -2.17.